The van der Waals surface area contributed by atoms with E-state index in [4.69, 9.17) is 15.2 Å². The number of halogens is 3. The average molecular weight is 437 g/mol. The highest BCUT2D eigenvalue weighted by Gasteiger charge is 2.40. The van der Waals surface area contributed by atoms with Crippen LogP contribution < -0.4 is 26.2 Å². The second-order valence-corrected chi connectivity index (χ2v) is 6.91. The molecule has 0 bridgehead atoms. The zero-order chi connectivity index (χ0) is 22.6. The van der Waals surface area contributed by atoms with Crippen LogP contribution in [0.25, 0.3) is 0 Å². The minimum absolute atomic E-state index is 0.0188. The Morgan fingerprint density at radius 1 is 1.26 bits per heavy atom. The number of benzene rings is 1. The predicted octanol–water partition coefficient (Wildman–Crippen LogP) is 2.65. The van der Waals surface area contributed by atoms with Gasteiger partial charge in [0.2, 0.25) is 0 Å². The van der Waals surface area contributed by atoms with Gasteiger partial charge < -0.3 is 20.5 Å². The van der Waals surface area contributed by atoms with Gasteiger partial charge in [0.05, 0.1) is 12.2 Å². The van der Waals surface area contributed by atoms with Crippen molar-refractivity contribution in [2.24, 2.45) is 5.73 Å². The summed E-state index contributed by atoms with van der Waals surface area (Å²) in [5.74, 6) is 0.205. The first kappa shape index (κ1) is 22.4. The lowest BCUT2D eigenvalue weighted by atomic mass is 10.0. The predicted molar refractivity (Wildman–Crippen MR) is 108 cm³/mol. The Morgan fingerprint density at radius 2 is 2.00 bits per heavy atom. The average Bonchev–Trinajstić information content (AvgIpc) is 3.04. The van der Waals surface area contributed by atoms with E-state index in [0.29, 0.717) is 30.8 Å². The lowest BCUT2D eigenvalue weighted by Gasteiger charge is -2.28. The molecule has 1 unspecified atom stereocenters. The first-order chi connectivity index (χ1) is 14.6. The van der Waals surface area contributed by atoms with Crippen molar-refractivity contribution in [3.63, 3.8) is 0 Å². The van der Waals surface area contributed by atoms with Gasteiger partial charge in [-0.3, -0.25) is 9.80 Å². The maximum absolute atomic E-state index is 12.8. The highest BCUT2D eigenvalue weighted by molar-refractivity contribution is 5.99. The summed E-state index contributed by atoms with van der Waals surface area (Å²) < 4.78 is 48.7. The molecule has 166 valence electrons. The third kappa shape index (κ3) is 5.06. The quantitative estimate of drug-likeness (QED) is 0.573. The summed E-state index contributed by atoms with van der Waals surface area (Å²) in [5.41, 5.74) is 7.53. The smallest absolute Gasteiger partial charge is 0.417 e. The summed E-state index contributed by atoms with van der Waals surface area (Å²) in [6.45, 7) is 2.29. The molecule has 2 heterocycles. The number of methoxy groups -OCH3 is 1. The Balaban J connectivity index is 1.74. The second-order valence-electron chi connectivity index (χ2n) is 6.91. The van der Waals surface area contributed by atoms with Crippen molar-refractivity contribution in [1.29, 1.82) is 0 Å². The highest BCUT2D eigenvalue weighted by Crippen LogP contribution is 2.33. The maximum Gasteiger partial charge on any atom is 0.417 e. The number of alkyl halides is 3. The standard InChI is InChI=1S/C20H22F3N5O3/c1-19(18(29)26-17-8-7-13(12-25-17)20(21,22)23)11-16(24)28(27-19)14-5-3-4-6-15(14)31-10-9-30-2/h3-8,11-12,27H,9-10,24H2,1-2H3,(H,25,26,29). The number of nitrogens with zero attached hydrogens (tertiary/aromatic N) is 2. The van der Waals surface area contributed by atoms with Crippen LogP contribution in [0.3, 0.4) is 0 Å². The molecule has 3 rings (SSSR count). The Kier molecular flexibility index (Phi) is 6.37. The normalized spacial score (nSPS) is 18.6. The molecule has 11 heteroatoms. The van der Waals surface area contributed by atoms with Gasteiger partial charge >= 0.3 is 6.18 Å². The number of ether oxygens (including phenoxy) is 2. The third-order valence-corrected chi connectivity index (χ3v) is 4.49. The van der Waals surface area contributed by atoms with Crippen LogP contribution in [0, 0.1) is 0 Å². The van der Waals surface area contributed by atoms with Crippen LogP contribution >= 0.6 is 0 Å². The topological polar surface area (TPSA) is 102 Å². The highest BCUT2D eigenvalue weighted by atomic mass is 19.4. The molecule has 1 aromatic heterocycles. The van der Waals surface area contributed by atoms with Gasteiger partial charge in [0, 0.05) is 13.3 Å². The van der Waals surface area contributed by atoms with Gasteiger partial charge in [0.1, 0.15) is 35.2 Å². The molecule has 0 saturated carbocycles. The van der Waals surface area contributed by atoms with E-state index in [0.717, 1.165) is 12.1 Å². The minimum Gasteiger partial charge on any atom is -0.489 e. The van der Waals surface area contributed by atoms with Crippen LogP contribution in [0.5, 0.6) is 5.75 Å². The fraction of sp³-hybridized carbons (Fsp3) is 0.300. The van der Waals surface area contributed by atoms with E-state index in [2.05, 4.69) is 15.7 Å². The van der Waals surface area contributed by atoms with E-state index in [9.17, 15) is 18.0 Å². The molecule has 31 heavy (non-hydrogen) atoms. The van der Waals surface area contributed by atoms with Gasteiger partial charge in [0.15, 0.2) is 0 Å². The molecule has 0 saturated heterocycles. The number of nitrogens with two attached hydrogens (primary N) is 1. The van der Waals surface area contributed by atoms with Gasteiger partial charge in [0.25, 0.3) is 5.91 Å². The van der Waals surface area contributed by atoms with Gasteiger partial charge in [-0.25, -0.2) is 10.4 Å². The van der Waals surface area contributed by atoms with E-state index in [-0.39, 0.29) is 11.6 Å². The molecule has 0 radical (unpaired) electrons. The van der Waals surface area contributed by atoms with Crippen molar-refractivity contribution in [2.45, 2.75) is 18.6 Å². The second kappa shape index (κ2) is 8.82. The molecule has 0 aliphatic carbocycles. The fourth-order valence-electron chi connectivity index (χ4n) is 2.89. The third-order valence-electron chi connectivity index (χ3n) is 4.49. The molecule has 1 atom stereocenters. The van der Waals surface area contributed by atoms with Crippen molar-refractivity contribution >= 4 is 17.4 Å². The summed E-state index contributed by atoms with van der Waals surface area (Å²) in [6, 6.07) is 9.03. The summed E-state index contributed by atoms with van der Waals surface area (Å²) in [5, 5.41) is 4.00. The van der Waals surface area contributed by atoms with E-state index in [1.807, 2.05) is 0 Å². The number of amides is 1. The van der Waals surface area contributed by atoms with Crippen LogP contribution in [0.2, 0.25) is 0 Å². The Bertz CT molecular complexity index is 965. The number of aromatic nitrogens is 1. The van der Waals surface area contributed by atoms with Crippen LogP contribution in [-0.4, -0.2) is 36.8 Å². The number of carbonyl (C=O) groups is 1. The zero-order valence-corrected chi connectivity index (χ0v) is 16.9. The number of para-hydroxylation sites is 2. The molecule has 8 nitrogen and oxygen atoms in total. The van der Waals surface area contributed by atoms with Crippen LogP contribution in [0.1, 0.15) is 12.5 Å². The number of rotatable bonds is 7. The number of nitrogens with one attached hydrogen (secondary N) is 2. The lowest BCUT2D eigenvalue weighted by molar-refractivity contribution is -0.137. The molecule has 1 aromatic carbocycles. The van der Waals surface area contributed by atoms with Gasteiger partial charge in [-0.1, -0.05) is 12.1 Å². The molecule has 0 spiro atoms. The Labute approximate surface area is 176 Å². The number of carbonyl (C=O) groups excluding carboxylic acids is 1. The van der Waals surface area contributed by atoms with E-state index in [1.54, 1.807) is 38.3 Å². The van der Waals surface area contributed by atoms with Crippen LogP contribution in [-0.2, 0) is 15.7 Å². The lowest BCUT2D eigenvalue weighted by Crippen LogP contribution is -2.53. The van der Waals surface area contributed by atoms with E-state index in [1.165, 1.54) is 11.1 Å². The number of hydrogen-bond acceptors (Lipinski definition) is 7. The molecule has 4 N–H and O–H groups in total. The van der Waals surface area contributed by atoms with Gasteiger partial charge in [-0.05, 0) is 37.3 Å². The van der Waals surface area contributed by atoms with Crippen molar-refractivity contribution < 1.29 is 27.4 Å². The van der Waals surface area contributed by atoms with E-state index < -0.39 is 23.2 Å². The summed E-state index contributed by atoms with van der Waals surface area (Å²) in [6.07, 6.45) is -2.35. The largest absolute Gasteiger partial charge is 0.489 e. The summed E-state index contributed by atoms with van der Waals surface area (Å²) in [7, 11) is 1.56. The molecule has 1 aliphatic heterocycles. The Morgan fingerprint density at radius 3 is 2.65 bits per heavy atom. The van der Waals surface area contributed by atoms with Crippen molar-refractivity contribution in [1.82, 2.24) is 10.4 Å². The Hall–Kier alpha value is -3.31. The van der Waals surface area contributed by atoms with E-state index >= 15 is 0 Å². The van der Waals surface area contributed by atoms with Crippen molar-refractivity contribution in [3.05, 3.63) is 60.1 Å². The number of hydrogen-bond donors (Lipinski definition) is 3. The van der Waals surface area contributed by atoms with Gasteiger partial charge in [-0.2, -0.15) is 13.2 Å². The summed E-state index contributed by atoms with van der Waals surface area (Å²) in [4.78, 5) is 16.5. The minimum atomic E-state index is -4.51. The van der Waals surface area contributed by atoms with Gasteiger partial charge in [-0.15, -0.1) is 0 Å². The maximum atomic E-state index is 12.8. The molecule has 1 amide bonds. The number of hydrazine groups is 1. The SMILES string of the molecule is COCCOc1ccccc1N1NC(C)(C(=O)Nc2ccc(C(F)(F)F)cn2)C=C1N. The zero-order valence-electron chi connectivity index (χ0n) is 16.9. The first-order valence-electron chi connectivity index (χ1n) is 9.26. The number of pyridine rings is 1. The molecular weight excluding hydrogens is 415 g/mol. The summed E-state index contributed by atoms with van der Waals surface area (Å²) >= 11 is 0. The first-order valence-corrected chi connectivity index (χ1v) is 9.26. The van der Waals surface area contributed by atoms with Crippen LogP contribution in [0.15, 0.2) is 54.5 Å². The monoisotopic (exact) mass is 437 g/mol. The molecule has 2 aromatic rings. The van der Waals surface area contributed by atoms with Crippen molar-refractivity contribution in [3.8, 4) is 5.75 Å². The molecule has 0 fully saturated rings. The fourth-order valence-corrected chi connectivity index (χ4v) is 2.89. The molecule has 1 aliphatic rings. The van der Waals surface area contributed by atoms with Crippen LogP contribution in [0.4, 0.5) is 24.7 Å². The number of anilines is 2. The molecular formula is C20H22F3N5O3. The van der Waals surface area contributed by atoms with Crippen molar-refractivity contribution in [2.75, 3.05) is 30.6 Å².